The van der Waals surface area contributed by atoms with E-state index in [1.807, 2.05) is 24.3 Å². The lowest BCUT2D eigenvalue weighted by Gasteiger charge is -2.08. The molecule has 0 saturated carbocycles. The van der Waals surface area contributed by atoms with Gasteiger partial charge in [-0.1, -0.05) is 23.7 Å². The number of carbonyl (C=O) groups excluding carboxylic acids is 1. The Hall–Kier alpha value is -2.34. The molecule has 0 bridgehead atoms. The van der Waals surface area contributed by atoms with Crippen LogP contribution in [-0.2, 0) is 6.42 Å². The molecule has 2 heterocycles. The molecule has 3 rings (SSSR count). The van der Waals surface area contributed by atoms with Gasteiger partial charge in [0, 0.05) is 6.42 Å². The van der Waals surface area contributed by atoms with Crippen LogP contribution in [0.1, 0.15) is 21.7 Å². The number of hydrogen-bond acceptors (Lipinski definition) is 5. The van der Waals surface area contributed by atoms with E-state index in [1.165, 1.54) is 0 Å². The largest absolute Gasteiger partial charge is 0.497 e. The van der Waals surface area contributed by atoms with Crippen molar-refractivity contribution < 1.29 is 14.3 Å². The number of hydrogen-bond donors (Lipinski definition) is 1. The highest BCUT2D eigenvalue weighted by molar-refractivity contribution is 6.33. The van der Waals surface area contributed by atoms with Crippen LogP contribution >= 0.6 is 11.6 Å². The second-order valence-corrected chi connectivity index (χ2v) is 5.10. The molecule has 0 spiro atoms. The van der Waals surface area contributed by atoms with Crippen molar-refractivity contribution in [2.75, 3.05) is 20.3 Å². The number of halogens is 1. The molecular weight excluding hydrogens is 306 g/mol. The van der Waals surface area contributed by atoms with Crippen molar-refractivity contribution in [2.24, 2.45) is 0 Å². The Morgan fingerprint density at radius 1 is 1.32 bits per heavy atom. The number of fused-ring (bicyclic) bond motifs is 1. The van der Waals surface area contributed by atoms with Gasteiger partial charge in [-0.2, -0.15) is 4.98 Å². The van der Waals surface area contributed by atoms with Crippen LogP contribution in [-0.4, -0.2) is 36.1 Å². The van der Waals surface area contributed by atoms with E-state index < -0.39 is 0 Å². The predicted molar refractivity (Wildman–Crippen MR) is 80.7 cm³/mol. The summed E-state index contributed by atoms with van der Waals surface area (Å²) in [5, 5.41) is 2.79. The molecule has 1 aromatic carbocycles. The molecule has 1 N–H and O–H groups in total. The second-order valence-electron chi connectivity index (χ2n) is 4.74. The first-order chi connectivity index (χ1) is 10.7. The maximum Gasteiger partial charge on any atom is 0.260 e. The molecule has 0 aliphatic carbocycles. The summed E-state index contributed by atoms with van der Waals surface area (Å²) >= 11 is 6.12. The third-order valence-electron chi connectivity index (χ3n) is 3.25. The summed E-state index contributed by atoms with van der Waals surface area (Å²) in [5.41, 5.74) is 1.20. The maximum absolute atomic E-state index is 11.9. The first kappa shape index (κ1) is 14.6. The minimum atomic E-state index is -0.312. The van der Waals surface area contributed by atoms with Gasteiger partial charge in [0.25, 0.3) is 5.91 Å². The van der Waals surface area contributed by atoms with E-state index in [0.29, 0.717) is 25.4 Å². The first-order valence-electron chi connectivity index (χ1n) is 6.77. The molecule has 0 unspecified atom stereocenters. The van der Waals surface area contributed by atoms with Gasteiger partial charge in [-0.25, -0.2) is 4.98 Å². The van der Waals surface area contributed by atoms with Crippen molar-refractivity contribution in [1.29, 1.82) is 0 Å². The molecule has 114 valence electrons. The van der Waals surface area contributed by atoms with Crippen molar-refractivity contribution in [2.45, 2.75) is 6.42 Å². The van der Waals surface area contributed by atoms with Crippen LogP contribution in [0.5, 0.6) is 11.6 Å². The second kappa shape index (κ2) is 6.19. The molecule has 22 heavy (non-hydrogen) atoms. The minimum absolute atomic E-state index is 0.105. The zero-order chi connectivity index (χ0) is 15.5. The Morgan fingerprint density at radius 2 is 2.09 bits per heavy atom. The molecule has 2 aromatic rings. The highest BCUT2D eigenvalue weighted by Crippen LogP contribution is 2.25. The average Bonchev–Trinajstić information content (AvgIpc) is 2.70. The zero-order valence-electron chi connectivity index (χ0n) is 11.9. The molecule has 0 saturated heterocycles. The van der Waals surface area contributed by atoms with Gasteiger partial charge < -0.3 is 14.8 Å². The molecule has 1 amide bonds. The summed E-state index contributed by atoms with van der Waals surface area (Å²) in [5.74, 6) is 1.21. The van der Waals surface area contributed by atoms with Crippen LogP contribution in [0.15, 0.2) is 24.3 Å². The van der Waals surface area contributed by atoms with Crippen molar-refractivity contribution in [3.8, 4) is 11.6 Å². The van der Waals surface area contributed by atoms with Crippen molar-refractivity contribution in [3.63, 3.8) is 0 Å². The van der Waals surface area contributed by atoms with E-state index >= 15 is 0 Å². The van der Waals surface area contributed by atoms with Crippen molar-refractivity contribution in [1.82, 2.24) is 15.3 Å². The Morgan fingerprint density at radius 3 is 2.82 bits per heavy atom. The van der Waals surface area contributed by atoms with E-state index in [-0.39, 0.29) is 22.5 Å². The Bertz CT molecular complexity index is 704. The minimum Gasteiger partial charge on any atom is -0.497 e. The van der Waals surface area contributed by atoms with Crippen LogP contribution in [0.2, 0.25) is 5.15 Å². The van der Waals surface area contributed by atoms with Crippen LogP contribution in [0.3, 0.4) is 0 Å². The molecule has 7 heteroatoms. The number of nitrogens with one attached hydrogen (secondary N) is 1. The molecule has 1 aromatic heterocycles. The number of rotatable bonds is 3. The molecule has 0 fully saturated rings. The fraction of sp³-hybridized carbons (Fsp3) is 0.267. The number of carbonyl (C=O) groups is 1. The smallest absolute Gasteiger partial charge is 0.260 e. The van der Waals surface area contributed by atoms with E-state index in [2.05, 4.69) is 15.3 Å². The quantitative estimate of drug-likeness (QED) is 0.874. The number of benzene rings is 1. The Kier molecular flexibility index (Phi) is 4.11. The predicted octanol–water partition coefficient (Wildman–Crippen LogP) is 1.85. The summed E-state index contributed by atoms with van der Waals surface area (Å²) in [6.45, 7) is 0.771. The van der Waals surface area contributed by atoms with Crippen molar-refractivity contribution in [3.05, 3.63) is 46.4 Å². The molecule has 0 radical (unpaired) electrons. The third-order valence-corrected chi connectivity index (χ3v) is 3.53. The zero-order valence-corrected chi connectivity index (χ0v) is 12.7. The van der Waals surface area contributed by atoms with Gasteiger partial charge in [-0.3, -0.25) is 4.79 Å². The Labute approximate surface area is 132 Å². The summed E-state index contributed by atoms with van der Waals surface area (Å²) in [6.07, 6.45) is 0.488. The van der Waals surface area contributed by atoms with E-state index in [4.69, 9.17) is 21.1 Å². The first-order valence-corrected chi connectivity index (χ1v) is 7.15. The van der Waals surface area contributed by atoms with Crippen LogP contribution < -0.4 is 14.8 Å². The van der Waals surface area contributed by atoms with Gasteiger partial charge >= 0.3 is 0 Å². The molecular formula is C15H14ClN3O3. The summed E-state index contributed by atoms with van der Waals surface area (Å²) in [7, 11) is 1.62. The lowest BCUT2D eigenvalue weighted by Crippen LogP contribution is -2.24. The fourth-order valence-electron chi connectivity index (χ4n) is 2.16. The molecule has 1 aliphatic rings. The van der Waals surface area contributed by atoms with Gasteiger partial charge in [0.2, 0.25) is 5.88 Å². The SMILES string of the molecule is COc1ccc(Cc2nc(Cl)c3c(n2)OCCNC3=O)cc1. The lowest BCUT2D eigenvalue weighted by molar-refractivity contribution is 0.0957. The monoisotopic (exact) mass is 319 g/mol. The van der Waals surface area contributed by atoms with E-state index in [0.717, 1.165) is 11.3 Å². The molecule has 6 nitrogen and oxygen atoms in total. The third kappa shape index (κ3) is 2.96. The Balaban J connectivity index is 1.90. The maximum atomic E-state index is 11.9. The van der Waals surface area contributed by atoms with Gasteiger partial charge in [0.15, 0.2) is 0 Å². The van der Waals surface area contributed by atoms with Gasteiger partial charge in [0.05, 0.1) is 13.7 Å². The number of ether oxygens (including phenoxy) is 2. The lowest BCUT2D eigenvalue weighted by atomic mass is 10.1. The standard InChI is InChI=1S/C15H14ClN3O3/c1-21-10-4-2-9(3-5-10)8-11-18-13(16)12-14(20)17-6-7-22-15(12)19-11/h2-5H,6-8H2,1H3,(H,17,20). The highest BCUT2D eigenvalue weighted by atomic mass is 35.5. The van der Waals surface area contributed by atoms with Crippen LogP contribution in [0.4, 0.5) is 0 Å². The van der Waals surface area contributed by atoms with E-state index in [1.54, 1.807) is 7.11 Å². The van der Waals surface area contributed by atoms with Crippen LogP contribution in [0.25, 0.3) is 0 Å². The van der Waals surface area contributed by atoms with Crippen LogP contribution in [0, 0.1) is 0 Å². The average molecular weight is 320 g/mol. The number of amides is 1. The van der Waals surface area contributed by atoms with Gasteiger partial charge in [-0.05, 0) is 17.7 Å². The number of methoxy groups -OCH3 is 1. The topological polar surface area (TPSA) is 73.3 Å². The summed E-state index contributed by atoms with van der Waals surface area (Å²) in [4.78, 5) is 20.4. The van der Waals surface area contributed by atoms with Crippen molar-refractivity contribution >= 4 is 17.5 Å². The summed E-state index contributed by atoms with van der Waals surface area (Å²) in [6, 6.07) is 7.58. The fourth-order valence-corrected chi connectivity index (χ4v) is 2.42. The van der Waals surface area contributed by atoms with Gasteiger partial charge in [0.1, 0.15) is 28.9 Å². The highest BCUT2D eigenvalue weighted by Gasteiger charge is 2.23. The summed E-state index contributed by atoms with van der Waals surface area (Å²) < 4.78 is 10.6. The number of nitrogens with zero attached hydrogens (tertiary/aromatic N) is 2. The van der Waals surface area contributed by atoms with E-state index in [9.17, 15) is 4.79 Å². The normalized spacial score (nSPS) is 13.6. The molecule has 1 aliphatic heterocycles. The molecule has 0 atom stereocenters. The number of aromatic nitrogens is 2. The van der Waals surface area contributed by atoms with Gasteiger partial charge in [-0.15, -0.1) is 0 Å².